The van der Waals surface area contributed by atoms with E-state index in [1.54, 1.807) is 6.20 Å². The molecule has 0 spiro atoms. The lowest BCUT2D eigenvalue weighted by atomic mass is 9.97. The first kappa shape index (κ1) is 13.3. The van der Waals surface area contributed by atoms with Crippen molar-refractivity contribution in [1.82, 2.24) is 4.98 Å². The van der Waals surface area contributed by atoms with Gasteiger partial charge in [-0.15, -0.1) is 0 Å². The Morgan fingerprint density at radius 2 is 1.83 bits per heavy atom. The molecular weight excluding hydrogens is 242 g/mol. The van der Waals surface area contributed by atoms with E-state index in [0.29, 0.717) is 11.0 Å². The number of aromatic nitrogens is 1. The van der Waals surface area contributed by atoms with E-state index in [-0.39, 0.29) is 0 Å². The topological polar surface area (TPSA) is 50.9 Å². The molecule has 0 bridgehead atoms. The van der Waals surface area contributed by atoms with Gasteiger partial charge in [0.05, 0.1) is 0 Å². The summed E-state index contributed by atoms with van der Waals surface area (Å²) in [6.07, 6.45) is 11.0. The number of rotatable bonds is 3. The second kappa shape index (κ2) is 6.69. The van der Waals surface area contributed by atoms with Gasteiger partial charge in [-0.1, -0.05) is 44.3 Å². The molecule has 1 fully saturated rings. The summed E-state index contributed by atoms with van der Waals surface area (Å²) in [5, 5.41) is 3.52. The highest BCUT2D eigenvalue weighted by molar-refractivity contribution is 7.80. The van der Waals surface area contributed by atoms with Gasteiger partial charge in [-0.05, 0) is 25.0 Å². The third kappa shape index (κ3) is 3.95. The van der Waals surface area contributed by atoms with Gasteiger partial charge in [0.2, 0.25) is 0 Å². The van der Waals surface area contributed by atoms with Crippen LogP contribution >= 0.6 is 12.2 Å². The Balaban J connectivity index is 1.92. The first-order valence-electron chi connectivity index (χ1n) is 6.78. The number of pyridine rings is 1. The van der Waals surface area contributed by atoms with E-state index >= 15 is 0 Å². The van der Waals surface area contributed by atoms with Crippen molar-refractivity contribution in [1.29, 1.82) is 0 Å². The summed E-state index contributed by atoms with van der Waals surface area (Å²) in [6, 6.07) is 4.46. The fourth-order valence-corrected chi connectivity index (χ4v) is 2.56. The second-order valence-electron chi connectivity index (χ2n) is 4.98. The summed E-state index contributed by atoms with van der Waals surface area (Å²) < 4.78 is 0. The number of hydrogen-bond donors (Lipinski definition) is 2. The van der Waals surface area contributed by atoms with E-state index in [0.717, 1.165) is 11.4 Å². The minimum atomic E-state index is 0.403. The molecule has 1 aromatic heterocycles. The summed E-state index contributed by atoms with van der Waals surface area (Å²) in [4.78, 5) is 4.77. The molecule has 0 amide bonds. The molecule has 0 aromatic carbocycles. The van der Waals surface area contributed by atoms with E-state index in [9.17, 15) is 0 Å². The van der Waals surface area contributed by atoms with E-state index < -0.39 is 0 Å². The molecule has 0 aliphatic heterocycles. The molecule has 0 atom stereocenters. The zero-order valence-electron chi connectivity index (χ0n) is 10.7. The summed E-state index contributed by atoms with van der Waals surface area (Å²) in [6.45, 7) is 0. The van der Waals surface area contributed by atoms with Crippen molar-refractivity contribution in [3.8, 4) is 0 Å². The Bertz CT molecular complexity index is 381. The molecule has 2 rings (SSSR count). The van der Waals surface area contributed by atoms with E-state index in [1.165, 1.54) is 44.9 Å². The Kier molecular flexibility index (Phi) is 4.93. The molecule has 1 aliphatic carbocycles. The van der Waals surface area contributed by atoms with Crippen molar-refractivity contribution >= 4 is 23.0 Å². The van der Waals surface area contributed by atoms with Crippen molar-refractivity contribution in [3.63, 3.8) is 0 Å². The molecule has 1 heterocycles. The van der Waals surface area contributed by atoms with Crippen LogP contribution in [-0.2, 0) is 0 Å². The van der Waals surface area contributed by atoms with Crippen LogP contribution in [0.15, 0.2) is 18.3 Å². The van der Waals surface area contributed by atoms with E-state index in [4.69, 9.17) is 18.0 Å². The van der Waals surface area contributed by atoms with Gasteiger partial charge in [-0.3, -0.25) is 0 Å². The first-order valence-corrected chi connectivity index (χ1v) is 7.19. The maximum atomic E-state index is 5.56. The third-order valence-corrected chi connectivity index (χ3v) is 3.74. The molecule has 0 saturated heterocycles. The van der Waals surface area contributed by atoms with Crippen LogP contribution in [0.5, 0.6) is 0 Å². The van der Waals surface area contributed by atoms with Crippen molar-refractivity contribution in [3.05, 3.63) is 23.9 Å². The summed E-state index contributed by atoms with van der Waals surface area (Å²) in [5.41, 5.74) is 6.38. The number of hydrogen-bond acceptors (Lipinski definition) is 3. The molecule has 3 N–H and O–H groups in total. The quantitative estimate of drug-likeness (QED) is 0.822. The van der Waals surface area contributed by atoms with Gasteiger partial charge >= 0.3 is 0 Å². The van der Waals surface area contributed by atoms with Crippen LogP contribution in [0.2, 0.25) is 0 Å². The highest BCUT2D eigenvalue weighted by atomic mass is 32.1. The Labute approximate surface area is 114 Å². The first-order chi connectivity index (χ1) is 8.75. The molecular formula is C14H21N3S. The van der Waals surface area contributed by atoms with Gasteiger partial charge < -0.3 is 11.1 Å². The smallest absolute Gasteiger partial charge is 0.126 e. The highest BCUT2D eigenvalue weighted by Gasteiger charge is 2.11. The Morgan fingerprint density at radius 3 is 2.39 bits per heavy atom. The zero-order chi connectivity index (χ0) is 12.8. The third-order valence-electron chi connectivity index (χ3n) is 3.51. The number of anilines is 1. The monoisotopic (exact) mass is 263 g/mol. The highest BCUT2D eigenvalue weighted by Crippen LogP contribution is 2.20. The van der Waals surface area contributed by atoms with Gasteiger partial charge in [0.1, 0.15) is 10.8 Å². The zero-order valence-corrected chi connectivity index (χ0v) is 11.5. The maximum Gasteiger partial charge on any atom is 0.126 e. The van der Waals surface area contributed by atoms with Crippen LogP contribution < -0.4 is 11.1 Å². The molecule has 18 heavy (non-hydrogen) atoms. The molecule has 0 radical (unpaired) electrons. The lowest BCUT2D eigenvalue weighted by molar-refractivity contribution is 0.471. The van der Waals surface area contributed by atoms with Gasteiger partial charge in [-0.2, -0.15) is 0 Å². The van der Waals surface area contributed by atoms with Crippen LogP contribution in [0.3, 0.4) is 0 Å². The Morgan fingerprint density at radius 1 is 1.17 bits per heavy atom. The lowest BCUT2D eigenvalue weighted by Gasteiger charge is -2.21. The van der Waals surface area contributed by atoms with Crippen LogP contribution in [0.25, 0.3) is 0 Å². The number of nitrogens with two attached hydrogens (primary N) is 1. The van der Waals surface area contributed by atoms with Crippen molar-refractivity contribution in [2.45, 2.75) is 51.0 Å². The average molecular weight is 263 g/mol. The molecule has 98 valence electrons. The van der Waals surface area contributed by atoms with Gasteiger partial charge in [0.15, 0.2) is 0 Å². The van der Waals surface area contributed by atoms with E-state index in [1.807, 2.05) is 12.1 Å². The van der Waals surface area contributed by atoms with Gasteiger partial charge in [0.25, 0.3) is 0 Å². The summed E-state index contributed by atoms with van der Waals surface area (Å²) >= 11 is 4.92. The number of nitrogens with one attached hydrogen (secondary N) is 1. The SMILES string of the molecule is NC(=S)c1ccc(NC2CCCCCCC2)nc1. The van der Waals surface area contributed by atoms with Crippen molar-refractivity contribution in [2.75, 3.05) is 5.32 Å². The van der Waals surface area contributed by atoms with Crippen LogP contribution in [-0.4, -0.2) is 16.0 Å². The normalized spacial score (nSPS) is 17.8. The van der Waals surface area contributed by atoms with Crippen molar-refractivity contribution in [2.24, 2.45) is 5.73 Å². The molecule has 1 saturated carbocycles. The molecule has 4 heteroatoms. The standard InChI is InChI=1S/C14H21N3S/c15-14(18)11-8-9-13(16-10-11)17-12-6-4-2-1-3-5-7-12/h8-10,12H,1-7H2,(H2,15,18)(H,16,17). The number of thiocarbonyl (C=S) groups is 1. The second-order valence-corrected chi connectivity index (χ2v) is 5.42. The number of nitrogens with zero attached hydrogens (tertiary/aromatic N) is 1. The molecule has 1 aliphatic rings. The van der Waals surface area contributed by atoms with Crippen LogP contribution in [0, 0.1) is 0 Å². The van der Waals surface area contributed by atoms with Crippen LogP contribution in [0.1, 0.15) is 50.5 Å². The van der Waals surface area contributed by atoms with Gasteiger partial charge in [0, 0.05) is 17.8 Å². The van der Waals surface area contributed by atoms with E-state index in [2.05, 4.69) is 10.3 Å². The Hall–Kier alpha value is -1.16. The summed E-state index contributed by atoms with van der Waals surface area (Å²) in [7, 11) is 0. The largest absolute Gasteiger partial charge is 0.389 e. The fraction of sp³-hybridized carbons (Fsp3) is 0.571. The van der Waals surface area contributed by atoms with Crippen molar-refractivity contribution < 1.29 is 0 Å². The van der Waals surface area contributed by atoms with Crippen LogP contribution in [0.4, 0.5) is 5.82 Å². The molecule has 3 nitrogen and oxygen atoms in total. The minimum Gasteiger partial charge on any atom is -0.389 e. The summed E-state index contributed by atoms with van der Waals surface area (Å²) in [5.74, 6) is 0.931. The molecule has 1 aromatic rings. The predicted octanol–water partition coefficient (Wildman–Crippen LogP) is 3.24. The molecule has 0 unspecified atom stereocenters. The maximum absolute atomic E-state index is 5.56. The van der Waals surface area contributed by atoms with Gasteiger partial charge in [-0.25, -0.2) is 4.98 Å². The average Bonchev–Trinajstić information content (AvgIpc) is 2.33. The fourth-order valence-electron chi connectivity index (χ4n) is 2.43. The predicted molar refractivity (Wildman–Crippen MR) is 79.9 cm³/mol. The lowest BCUT2D eigenvalue weighted by Crippen LogP contribution is -2.21. The minimum absolute atomic E-state index is 0.403.